The van der Waals surface area contributed by atoms with Crippen LogP contribution in [0.4, 0.5) is 11.4 Å². The summed E-state index contributed by atoms with van der Waals surface area (Å²) in [4.78, 5) is 3.56. The van der Waals surface area contributed by atoms with Crippen molar-refractivity contribution in [2.75, 3.05) is 4.90 Å². The van der Waals surface area contributed by atoms with Crippen molar-refractivity contribution < 1.29 is 4.42 Å². The predicted molar refractivity (Wildman–Crippen MR) is 215 cm³/mol. The van der Waals surface area contributed by atoms with Crippen LogP contribution in [0.5, 0.6) is 0 Å². The molecule has 0 radical (unpaired) electrons. The molecule has 0 aliphatic heterocycles. The van der Waals surface area contributed by atoms with E-state index in [1.165, 1.54) is 25.9 Å². The molecule has 2 heterocycles. The van der Waals surface area contributed by atoms with E-state index in [4.69, 9.17) is 4.42 Å². The number of fused-ring (bicyclic) bond motifs is 6. The van der Waals surface area contributed by atoms with Crippen molar-refractivity contribution in [1.82, 2.24) is 0 Å². The lowest BCUT2D eigenvalue weighted by Crippen LogP contribution is -2.16. The van der Waals surface area contributed by atoms with E-state index in [0.29, 0.717) is 0 Å². The van der Waals surface area contributed by atoms with Crippen molar-refractivity contribution in [1.29, 1.82) is 0 Å². The third-order valence-electron chi connectivity index (χ3n) is 9.68. The first-order valence-corrected chi connectivity index (χ1v) is 17.7. The number of nitrogens with zero attached hydrogens (tertiary/aromatic N) is 1. The van der Waals surface area contributed by atoms with Crippen molar-refractivity contribution in [3.05, 3.63) is 187 Å². The summed E-state index contributed by atoms with van der Waals surface area (Å²) >= 11 is 1.82. The maximum absolute atomic E-state index is 6.51. The van der Waals surface area contributed by atoms with Gasteiger partial charge in [-0.2, -0.15) is 0 Å². The second-order valence-electron chi connectivity index (χ2n) is 12.6. The quantitative estimate of drug-likeness (QED) is 0.158. The number of aryl methyl sites for hydroxylation is 1. The fraction of sp³-hybridized carbons (Fsp3) is 0.0213. The molecule has 7 aromatic carbocycles. The Labute approximate surface area is 295 Å². The predicted octanol–water partition coefficient (Wildman–Crippen LogP) is 14.0. The minimum absolute atomic E-state index is 0.895. The summed E-state index contributed by atoms with van der Waals surface area (Å²) in [5, 5.41) is 5.87. The number of hydrogen-bond acceptors (Lipinski definition) is 3. The van der Waals surface area contributed by atoms with Crippen molar-refractivity contribution in [3.8, 4) is 22.3 Å². The molecule has 0 fully saturated rings. The largest absolute Gasteiger partial charge is 0.455 e. The van der Waals surface area contributed by atoms with Crippen LogP contribution in [-0.4, -0.2) is 0 Å². The zero-order chi connectivity index (χ0) is 33.6. The van der Waals surface area contributed by atoms with Gasteiger partial charge in [0.05, 0.1) is 5.69 Å². The number of anilines is 2. The fourth-order valence-electron chi connectivity index (χ4n) is 7.22. The SMILES string of the molecule is C=C/C(=C\c1sc2ccccc2c1C)N(c1ccc(-c2cccc3oc4c5ccccc5ccc4c23)cc1)c1ccccc1-c1ccccc1. The van der Waals surface area contributed by atoms with Gasteiger partial charge in [-0.1, -0.05) is 128 Å². The molecule has 0 saturated carbocycles. The zero-order valence-electron chi connectivity index (χ0n) is 27.6. The number of para-hydroxylation sites is 1. The lowest BCUT2D eigenvalue weighted by Gasteiger charge is -2.29. The molecule has 0 saturated heterocycles. The van der Waals surface area contributed by atoms with Crippen LogP contribution in [0.2, 0.25) is 0 Å². The van der Waals surface area contributed by atoms with Gasteiger partial charge < -0.3 is 9.32 Å². The Morgan fingerprint density at radius 1 is 0.620 bits per heavy atom. The molecule has 0 atom stereocenters. The van der Waals surface area contributed by atoms with Gasteiger partial charge in [-0.15, -0.1) is 11.3 Å². The highest BCUT2D eigenvalue weighted by Gasteiger charge is 2.20. The number of thiophene rings is 1. The molecular weight excluding hydrogens is 627 g/mol. The van der Waals surface area contributed by atoms with E-state index >= 15 is 0 Å². The highest BCUT2D eigenvalue weighted by atomic mass is 32.1. The topological polar surface area (TPSA) is 16.4 Å². The molecule has 9 rings (SSSR count). The van der Waals surface area contributed by atoms with E-state index in [0.717, 1.165) is 66.7 Å². The van der Waals surface area contributed by atoms with E-state index < -0.39 is 0 Å². The summed E-state index contributed by atoms with van der Waals surface area (Å²) in [7, 11) is 0. The van der Waals surface area contributed by atoms with E-state index in [9.17, 15) is 0 Å². The Bertz CT molecular complexity index is 2730. The number of hydrogen-bond donors (Lipinski definition) is 0. The molecule has 0 unspecified atom stereocenters. The Morgan fingerprint density at radius 3 is 2.14 bits per heavy atom. The Hall–Kier alpha value is -6.16. The molecule has 0 amide bonds. The van der Waals surface area contributed by atoms with Gasteiger partial charge >= 0.3 is 0 Å². The van der Waals surface area contributed by atoms with E-state index in [1.807, 2.05) is 17.4 Å². The maximum Gasteiger partial charge on any atom is 0.143 e. The molecule has 2 nitrogen and oxygen atoms in total. The number of allylic oxidation sites excluding steroid dienone is 1. The van der Waals surface area contributed by atoms with E-state index in [-0.39, 0.29) is 0 Å². The second-order valence-corrected chi connectivity index (χ2v) is 13.7. The van der Waals surface area contributed by atoms with Crippen LogP contribution in [0, 0.1) is 6.92 Å². The summed E-state index contributed by atoms with van der Waals surface area (Å²) in [6.07, 6.45) is 4.26. The molecule has 238 valence electrons. The minimum atomic E-state index is 0.895. The van der Waals surface area contributed by atoms with Crippen LogP contribution >= 0.6 is 11.3 Å². The highest BCUT2D eigenvalue weighted by molar-refractivity contribution is 7.20. The Kier molecular flexibility index (Phi) is 7.41. The van der Waals surface area contributed by atoms with Gasteiger partial charge in [0.2, 0.25) is 0 Å². The Balaban J connectivity index is 1.21. The third-order valence-corrected chi connectivity index (χ3v) is 10.9. The van der Waals surface area contributed by atoms with Crippen LogP contribution in [0.1, 0.15) is 10.4 Å². The molecule has 0 aliphatic rings. The first-order chi connectivity index (χ1) is 24.7. The summed E-state index contributed by atoms with van der Waals surface area (Å²) in [5.41, 5.74) is 10.9. The summed E-state index contributed by atoms with van der Waals surface area (Å²) in [6, 6.07) is 55.9. The normalized spacial score (nSPS) is 11.9. The molecule has 0 N–H and O–H groups in total. The molecule has 0 bridgehead atoms. The highest BCUT2D eigenvalue weighted by Crippen LogP contribution is 2.43. The smallest absolute Gasteiger partial charge is 0.143 e. The van der Waals surface area contributed by atoms with Gasteiger partial charge in [0, 0.05) is 42.7 Å². The van der Waals surface area contributed by atoms with Crippen LogP contribution < -0.4 is 4.90 Å². The van der Waals surface area contributed by atoms with Gasteiger partial charge in [-0.05, 0) is 88.5 Å². The molecular formula is C47H33NOS. The van der Waals surface area contributed by atoms with Crippen LogP contribution in [-0.2, 0) is 0 Å². The van der Waals surface area contributed by atoms with E-state index in [1.54, 1.807) is 0 Å². The monoisotopic (exact) mass is 659 g/mol. The lowest BCUT2D eigenvalue weighted by atomic mass is 9.97. The molecule has 0 aliphatic carbocycles. The van der Waals surface area contributed by atoms with Gasteiger partial charge in [0.1, 0.15) is 11.2 Å². The maximum atomic E-state index is 6.51. The van der Waals surface area contributed by atoms with Crippen LogP contribution in [0.3, 0.4) is 0 Å². The summed E-state index contributed by atoms with van der Waals surface area (Å²) in [5.74, 6) is 0. The number of rotatable bonds is 7. The Morgan fingerprint density at radius 2 is 1.32 bits per heavy atom. The molecule has 50 heavy (non-hydrogen) atoms. The number of furan rings is 1. The number of benzene rings is 7. The summed E-state index contributed by atoms with van der Waals surface area (Å²) < 4.78 is 7.80. The zero-order valence-corrected chi connectivity index (χ0v) is 28.5. The van der Waals surface area contributed by atoms with Gasteiger partial charge in [0.25, 0.3) is 0 Å². The van der Waals surface area contributed by atoms with Gasteiger partial charge in [-0.3, -0.25) is 0 Å². The third kappa shape index (κ3) is 5.03. The lowest BCUT2D eigenvalue weighted by molar-refractivity contribution is 0.673. The average Bonchev–Trinajstić information content (AvgIpc) is 3.72. The fourth-order valence-corrected chi connectivity index (χ4v) is 8.38. The molecule has 2 aromatic heterocycles. The van der Waals surface area contributed by atoms with Crippen molar-refractivity contribution in [3.63, 3.8) is 0 Å². The molecule has 3 heteroatoms. The second kappa shape index (κ2) is 12.4. The molecule has 9 aromatic rings. The van der Waals surface area contributed by atoms with Gasteiger partial charge in [0.15, 0.2) is 0 Å². The summed E-state index contributed by atoms with van der Waals surface area (Å²) in [6.45, 7) is 6.56. The van der Waals surface area contributed by atoms with Crippen LogP contribution in [0.25, 0.3) is 71.1 Å². The van der Waals surface area contributed by atoms with Gasteiger partial charge in [-0.25, -0.2) is 0 Å². The van der Waals surface area contributed by atoms with Crippen molar-refractivity contribution >= 4 is 71.6 Å². The average molecular weight is 660 g/mol. The van der Waals surface area contributed by atoms with Crippen molar-refractivity contribution in [2.45, 2.75) is 6.92 Å². The first kappa shape index (κ1) is 29.9. The minimum Gasteiger partial charge on any atom is -0.455 e. The molecule has 0 spiro atoms. The van der Waals surface area contributed by atoms with Crippen LogP contribution in [0.15, 0.2) is 180 Å². The first-order valence-electron chi connectivity index (χ1n) is 16.9. The van der Waals surface area contributed by atoms with E-state index in [2.05, 4.69) is 182 Å². The standard InChI is InChI=1S/C47H33NOS/c1-3-35(30-45-31(2)37-17-10-12-23-44(37)50-45)48(42-21-11-9-18-38(42)32-14-5-4-6-15-32)36-27-24-34(25-28-36)39-20-13-22-43-46(39)41-29-26-33-16-7-8-19-40(33)47(41)49-43/h3-30H,1H2,2H3/b35-30+. The van der Waals surface area contributed by atoms with Crippen molar-refractivity contribution in [2.24, 2.45) is 0 Å².